The molecule has 1 aliphatic heterocycles. The van der Waals surface area contributed by atoms with E-state index in [4.69, 9.17) is 0 Å². The monoisotopic (exact) mass is 353 g/mol. The van der Waals surface area contributed by atoms with Gasteiger partial charge in [-0.2, -0.15) is 0 Å². The summed E-state index contributed by atoms with van der Waals surface area (Å²) in [4.78, 5) is 35.0. The zero-order valence-electron chi connectivity index (χ0n) is 14.7. The number of hydrogen-bond donors (Lipinski definition) is 1. The lowest BCUT2D eigenvalue weighted by Crippen LogP contribution is -2.48. The summed E-state index contributed by atoms with van der Waals surface area (Å²) in [6.07, 6.45) is 5.91. The van der Waals surface area contributed by atoms with Crippen molar-refractivity contribution >= 4 is 18.3 Å². The highest BCUT2D eigenvalue weighted by molar-refractivity contribution is 5.93. The quantitative estimate of drug-likeness (QED) is 0.602. The van der Waals surface area contributed by atoms with Crippen LogP contribution in [0.1, 0.15) is 22.3 Å². The number of piperazine rings is 1. The minimum absolute atomic E-state index is 0.0915. The predicted molar refractivity (Wildman–Crippen MR) is 98.8 cm³/mol. The second kappa shape index (κ2) is 8.94. The highest BCUT2D eigenvalue weighted by atomic mass is 16.2. The van der Waals surface area contributed by atoms with Crippen LogP contribution in [-0.2, 0) is 11.2 Å². The van der Waals surface area contributed by atoms with Crippen LogP contribution < -0.4 is 5.32 Å². The number of aromatic nitrogens is 2. The highest BCUT2D eigenvalue weighted by Crippen LogP contribution is 2.08. The molecule has 1 saturated heterocycles. The Morgan fingerprint density at radius 3 is 2.42 bits per heavy atom. The summed E-state index contributed by atoms with van der Waals surface area (Å²) in [5.41, 5.74) is 1.78. The van der Waals surface area contributed by atoms with E-state index in [1.54, 1.807) is 22.2 Å². The number of aryl methyl sites for hydroxylation is 1. The Kier molecular flexibility index (Phi) is 6.14. The van der Waals surface area contributed by atoms with Crippen LogP contribution in [0.25, 0.3) is 0 Å². The number of rotatable bonds is 7. The first-order chi connectivity index (χ1) is 12.8. The van der Waals surface area contributed by atoms with E-state index in [2.05, 4.69) is 27.4 Å². The molecule has 7 nitrogen and oxygen atoms in total. The van der Waals surface area contributed by atoms with Crippen LogP contribution in [-0.4, -0.2) is 64.8 Å². The molecule has 26 heavy (non-hydrogen) atoms. The van der Waals surface area contributed by atoms with E-state index in [0.717, 1.165) is 25.8 Å². The lowest BCUT2D eigenvalue weighted by atomic mass is 10.1. The number of carbonyl (C=O) groups excluding carboxylic acids is 2. The third kappa shape index (κ3) is 4.78. The number of nitrogens with zero attached hydrogens (tertiary/aromatic N) is 4. The van der Waals surface area contributed by atoms with Gasteiger partial charge in [0.1, 0.15) is 0 Å². The summed E-state index contributed by atoms with van der Waals surface area (Å²) in [6, 6.07) is 10.3. The Morgan fingerprint density at radius 1 is 1.08 bits per heavy atom. The van der Waals surface area contributed by atoms with E-state index < -0.39 is 0 Å². The average Bonchev–Trinajstić information content (AvgIpc) is 2.72. The van der Waals surface area contributed by atoms with Crippen LogP contribution in [0.5, 0.6) is 0 Å². The van der Waals surface area contributed by atoms with Crippen LogP contribution in [0.15, 0.2) is 42.7 Å². The van der Waals surface area contributed by atoms with Gasteiger partial charge in [-0.15, -0.1) is 0 Å². The first kappa shape index (κ1) is 17.8. The van der Waals surface area contributed by atoms with E-state index in [0.29, 0.717) is 37.7 Å². The van der Waals surface area contributed by atoms with Crippen LogP contribution in [0.4, 0.5) is 5.95 Å². The Bertz CT molecular complexity index is 712. The fourth-order valence-corrected chi connectivity index (χ4v) is 2.88. The SMILES string of the molecule is O=CN1CCN(C(=O)c2cnc(NCCCc3ccccc3)nc2)CC1. The molecule has 0 spiro atoms. The molecule has 1 N–H and O–H groups in total. The van der Waals surface area contributed by atoms with Gasteiger partial charge in [0.25, 0.3) is 5.91 Å². The van der Waals surface area contributed by atoms with E-state index >= 15 is 0 Å². The summed E-state index contributed by atoms with van der Waals surface area (Å²) in [6.45, 7) is 2.98. The van der Waals surface area contributed by atoms with Gasteiger partial charge in [0.15, 0.2) is 0 Å². The molecule has 0 bridgehead atoms. The van der Waals surface area contributed by atoms with Crippen LogP contribution in [0.2, 0.25) is 0 Å². The van der Waals surface area contributed by atoms with Crippen molar-refractivity contribution in [3.05, 3.63) is 53.9 Å². The minimum Gasteiger partial charge on any atom is -0.354 e. The molecule has 7 heteroatoms. The number of carbonyl (C=O) groups is 2. The molecule has 1 aliphatic rings. The molecule has 1 aromatic heterocycles. The summed E-state index contributed by atoms with van der Waals surface area (Å²) in [7, 11) is 0. The Balaban J connectivity index is 1.44. The maximum absolute atomic E-state index is 12.4. The number of anilines is 1. The summed E-state index contributed by atoms with van der Waals surface area (Å²) >= 11 is 0. The molecule has 2 heterocycles. The van der Waals surface area contributed by atoms with Gasteiger partial charge >= 0.3 is 0 Å². The van der Waals surface area contributed by atoms with Crippen molar-refractivity contribution in [2.24, 2.45) is 0 Å². The van der Waals surface area contributed by atoms with E-state index in [1.165, 1.54) is 5.56 Å². The maximum Gasteiger partial charge on any atom is 0.257 e. The number of amides is 2. The third-order valence-corrected chi connectivity index (χ3v) is 4.42. The molecule has 2 amide bonds. The van der Waals surface area contributed by atoms with Gasteiger partial charge in [0, 0.05) is 45.1 Å². The smallest absolute Gasteiger partial charge is 0.257 e. The minimum atomic E-state index is -0.0915. The average molecular weight is 353 g/mol. The fourth-order valence-electron chi connectivity index (χ4n) is 2.88. The van der Waals surface area contributed by atoms with Crippen molar-refractivity contribution in [1.82, 2.24) is 19.8 Å². The molecule has 0 aliphatic carbocycles. The largest absolute Gasteiger partial charge is 0.354 e. The lowest BCUT2D eigenvalue weighted by Gasteiger charge is -2.32. The highest BCUT2D eigenvalue weighted by Gasteiger charge is 2.21. The molecule has 2 aromatic rings. The number of benzene rings is 1. The molecular formula is C19H23N5O2. The predicted octanol–water partition coefficient (Wildman–Crippen LogP) is 1.44. The summed E-state index contributed by atoms with van der Waals surface area (Å²) in [5, 5.41) is 3.18. The topological polar surface area (TPSA) is 78.4 Å². The first-order valence-electron chi connectivity index (χ1n) is 8.85. The van der Waals surface area contributed by atoms with E-state index in [9.17, 15) is 9.59 Å². The molecule has 1 fully saturated rings. The normalized spacial score (nSPS) is 14.2. The van der Waals surface area contributed by atoms with Crippen molar-refractivity contribution in [2.75, 3.05) is 38.0 Å². The van der Waals surface area contributed by atoms with Crippen molar-refractivity contribution in [3.8, 4) is 0 Å². The van der Waals surface area contributed by atoms with Crippen LogP contribution >= 0.6 is 0 Å². The van der Waals surface area contributed by atoms with Gasteiger partial charge < -0.3 is 15.1 Å². The molecule has 136 valence electrons. The van der Waals surface area contributed by atoms with Crippen LogP contribution in [0.3, 0.4) is 0 Å². The van der Waals surface area contributed by atoms with E-state index in [-0.39, 0.29) is 5.91 Å². The zero-order valence-corrected chi connectivity index (χ0v) is 14.7. The molecule has 0 radical (unpaired) electrons. The first-order valence-corrected chi connectivity index (χ1v) is 8.85. The number of hydrogen-bond acceptors (Lipinski definition) is 5. The molecule has 0 saturated carbocycles. The molecule has 0 atom stereocenters. The maximum atomic E-state index is 12.4. The van der Waals surface area contributed by atoms with E-state index in [1.807, 2.05) is 18.2 Å². The van der Waals surface area contributed by atoms with Crippen molar-refractivity contribution in [1.29, 1.82) is 0 Å². The molecule has 0 unspecified atom stereocenters. The number of nitrogens with one attached hydrogen (secondary N) is 1. The van der Waals surface area contributed by atoms with Crippen molar-refractivity contribution in [2.45, 2.75) is 12.8 Å². The van der Waals surface area contributed by atoms with Gasteiger partial charge in [-0.1, -0.05) is 30.3 Å². The lowest BCUT2D eigenvalue weighted by molar-refractivity contribution is -0.119. The summed E-state index contributed by atoms with van der Waals surface area (Å²) in [5.74, 6) is 0.437. The van der Waals surface area contributed by atoms with Crippen molar-refractivity contribution < 1.29 is 9.59 Å². The Hall–Kier alpha value is -2.96. The Morgan fingerprint density at radius 2 is 1.77 bits per heavy atom. The Labute approximate surface area is 153 Å². The van der Waals surface area contributed by atoms with Crippen molar-refractivity contribution in [3.63, 3.8) is 0 Å². The van der Waals surface area contributed by atoms with Gasteiger partial charge in [0.05, 0.1) is 5.56 Å². The molecular weight excluding hydrogens is 330 g/mol. The third-order valence-electron chi connectivity index (χ3n) is 4.42. The summed E-state index contributed by atoms with van der Waals surface area (Å²) < 4.78 is 0. The zero-order chi connectivity index (χ0) is 18.2. The van der Waals surface area contributed by atoms with Gasteiger partial charge in [0.2, 0.25) is 12.4 Å². The van der Waals surface area contributed by atoms with Gasteiger partial charge in [-0.05, 0) is 18.4 Å². The van der Waals surface area contributed by atoms with Crippen LogP contribution in [0, 0.1) is 0 Å². The molecule has 3 rings (SSSR count). The van der Waals surface area contributed by atoms with Gasteiger partial charge in [-0.3, -0.25) is 9.59 Å². The second-order valence-electron chi connectivity index (χ2n) is 6.24. The molecule has 1 aromatic carbocycles. The fraction of sp³-hybridized carbons (Fsp3) is 0.368. The second-order valence-corrected chi connectivity index (χ2v) is 6.24. The standard InChI is InChI=1S/C19H23N5O2/c25-15-23-9-11-24(12-10-23)18(26)17-13-21-19(22-14-17)20-8-4-7-16-5-2-1-3-6-16/h1-3,5-6,13-15H,4,7-12H2,(H,20,21,22). The van der Waals surface area contributed by atoms with Gasteiger partial charge in [-0.25, -0.2) is 9.97 Å².